The highest BCUT2D eigenvalue weighted by Gasteiger charge is 2.03. The molecule has 0 spiro atoms. The van der Waals surface area contributed by atoms with Crippen LogP contribution in [0.1, 0.15) is 5.56 Å². The summed E-state index contributed by atoms with van der Waals surface area (Å²) in [6, 6.07) is 1.86. The summed E-state index contributed by atoms with van der Waals surface area (Å²) in [5.74, 6) is 0. The van der Waals surface area contributed by atoms with Crippen LogP contribution in [0.4, 0.5) is 0 Å². The molecule has 0 amide bonds. The van der Waals surface area contributed by atoms with E-state index in [0.717, 1.165) is 20.7 Å². The Kier molecular flexibility index (Phi) is 2.98. The van der Waals surface area contributed by atoms with E-state index in [1.165, 1.54) is 11.3 Å². The summed E-state index contributed by atoms with van der Waals surface area (Å²) in [5, 5.41) is 0. The van der Waals surface area contributed by atoms with Gasteiger partial charge in [0.1, 0.15) is 0 Å². The van der Waals surface area contributed by atoms with Gasteiger partial charge in [-0.2, -0.15) is 0 Å². The lowest BCUT2D eigenvalue weighted by molar-refractivity contribution is 0.974. The Hall–Kier alpha value is 0.240. The van der Waals surface area contributed by atoms with Crippen molar-refractivity contribution in [2.45, 2.75) is 6.42 Å². The average molecular weight is 196 g/mol. The first kappa shape index (κ1) is 8.34. The number of rotatable bonds is 2. The van der Waals surface area contributed by atoms with Crippen LogP contribution < -0.4 is 5.73 Å². The second-order valence-electron chi connectivity index (χ2n) is 1.89. The van der Waals surface area contributed by atoms with Gasteiger partial charge in [0.05, 0.1) is 8.67 Å². The molecule has 0 saturated carbocycles. The minimum absolute atomic E-state index is 0.618. The highest BCUT2D eigenvalue weighted by molar-refractivity contribution is 7.20. The van der Waals surface area contributed by atoms with Crippen molar-refractivity contribution in [2.24, 2.45) is 5.73 Å². The fourth-order valence-electron chi connectivity index (χ4n) is 0.700. The van der Waals surface area contributed by atoms with E-state index >= 15 is 0 Å². The zero-order valence-corrected chi connectivity index (χ0v) is 7.56. The molecule has 0 aromatic carbocycles. The van der Waals surface area contributed by atoms with Gasteiger partial charge in [0.15, 0.2) is 0 Å². The first-order chi connectivity index (χ1) is 4.74. The van der Waals surface area contributed by atoms with Crippen molar-refractivity contribution in [3.8, 4) is 0 Å². The fourth-order valence-corrected chi connectivity index (χ4v) is 2.24. The third-order valence-electron chi connectivity index (χ3n) is 1.14. The van der Waals surface area contributed by atoms with E-state index in [1.807, 2.05) is 6.07 Å². The Bertz CT molecular complexity index is 222. The van der Waals surface area contributed by atoms with E-state index in [9.17, 15) is 0 Å². The molecule has 0 bridgehead atoms. The number of halogens is 2. The molecule has 10 heavy (non-hydrogen) atoms. The largest absolute Gasteiger partial charge is 0.330 e. The van der Waals surface area contributed by atoms with Crippen LogP contribution in [0, 0.1) is 0 Å². The SMILES string of the molecule is NCCc1cc(Cl)sc1Cl. The molecule has 4 heteroatoms. The number of hydrogen-bond acceptors (Lipinski definition) is 2. The Morgan fingerprint density at radius 1 is 1.50 bits per heavy atom. The predicted molar refractivity (Wildman–Crippen MR) is 47.1 cm³/mol. The molecule has 1 heterocycles. The Labute approximate surface area is 73.7 Å². The standard InChI is InChI=1S/C6H7Cl2NS/c7-5-3-4(1-2-9)6(8)10-5/h3H,1-2,9H2. The lowest BCUT2D eigenvalue weighted by atomic mass is 10.2. The van der Waals surface area contributed by atoms with E-state index in [-0.39, 0.29) is 0 Å². The van der Waals surface area contributed by atoms with E-state index in [4.69, 9.17) is 28.9 Å². The third-order valence-corrected chi connectivity index (χ3v) is 2.71. The maximum Gasteiger partial charge on any atom is 0.0976 e. The number of nitrogens with two attached hydrogens (primary N) is 1. The van der Waals surface area contributed by atoms with Crippen LogP contribution in [-0.2, 0) is 6.42 Å². The van der Waals surface area contributed by atoms with Gasteiger partial charge in [-0.25, -0.2) is 0 Å². The molecular weight excluding hydrogens is 189 g/mol. The molecule has 0 aliphatic heterocycles. The van der Waals surface area contributed by atoms with Gasteiger partial charge in [-0.05, 0) is 24.6 Å². The summed E-state index contributed by atoms with van der Waals surface area (Å²) in [4.78, 5) is 0. The smallest absolute Gasteiger partial charge is 0.0976 e. The molecule has 0 aliphatic rings. The molecule has 0 unspecified atom stereocenters. The molecule has 56 valence electrons. The second-order valence-corrected chi connectivity index (χ2v) is 4.17. The Balaban J connectivity index is 2.81. The quantitative estimate of drug-likeness (QED) is 0.772. The zero-order chi connectivity index (χ0) is 7.56. The first-order valence-corrected chi connectivity index (χ1v) is 4.45. The molecule has 0 aliphatic carbocycles. The molecule has 1 aromatic heterocycles. The van der Waals surface area contributed by atoms with Crippen molar-refractivity contribution in [2.75, 3.05) is 6.54 Å². The summed E-state index contributed by atoms with van der Waals surface area (Å²) in [7, 11) is 0. The van der Waals surface area contributed by atoms with Crippen molar-refractivity contribution in [1.29, 1.82) is 0 Å². The summed E-state index contributed by atoms with van der Waals surface area (Å²) >= 11 is 12.9. The summed E-state index contributed by atoms with van der Waals surface area (Å²) < 4.78 is 1.49. The van der Waals surface area contributed by atoms with Crippen LogP contribution >= 0.6 is 34.5 Å². The zero-order valence-electron chi connectivity index (χ0n) is 5.23. The second kappa shape index (κ2) is 3.58. The number of thiophene rings is 1. The van der Waals surface area contributed by atoms with Gasteiger partial charge >= 0.3 is 0 Å². The lowest BCUT2D eigenvalue weighted by Gasteiger charge is -1.90. The monoisotopic (exact) mass is 195 g/mol. The minimum atomic E-state index is 0.618. The van der Waals surface area contributed by atoms with Gasteiger partial charge in [-0.1, -0.05) is 23.2 Å². The van der Waals surface area contributed by atoms with E-state index in [2.05, 4.69) is 0 Å². The summed E-state index contributed by atoms with van der Waals surface area (Å²) in [6.07, 6.45) is 0.808. The van der Waals surface area contributed by atoms with Gasteiger partial charge in [-0.15, -0.1) is 11.3 Å². The van der Waals surface area contributed by atoms with Gasteiger partial charge in [0.25, 0.3) is 0 Å². The van der Waals surface area contributed by atoms with Crippen LogP contribution in [0.3, 0.4) is 0 Å². The summed E-state index contributed by atoms with van der Waals surface area (Å²) in [5.41, 5.74) is 6.40. The molecule has 1 rings (SSSR count). The van der Waals surface area contributed by atoms with Gasteiger partial charge < -0.3 is 5.73 Å². The van der Waals surface area contributed by atoms with E-state index in [0.29, 0.717) is 6.54 Å². The highest BCUT2D eigenvalue weighted by Crippen LogP contribution is 2.30. The van der Waals surface area contributed by atoms with Crippen molar-refractivity contribution >= 4 is 34.5 Å². The van der Waals surface area contributed by atoms with Crippen LogP contribution in [-0.4, -0.2) is 6.54 Å². The van der Waals surface area contributed by atoms with Crippen molar-refractivity contribution in [3.05, 3.63) is 20.3 Å². The first-order valence-electron chi connectivity index (χ1n) is 2.88. The van der Waals surface area contributed by atoms with Crippen LogP contribution in [0.25, 0.3) is 0 Å². The van der Waals surface area contributed by atoms with Crippen molar-refractivity contribution in [1.82, 2.24) is 0 Å². The molecule has 0 atom stereocenters. The lowest BCUT2D eigenvalue weighted by Crippen LogP contribution is -2.01. The van der Waals surface area contributed by atoms with Crippen LogP contribution in [0.5, 0.6) is 0 Å². The van der Waals surface area contributed by atoms with E-state index in [1.54, 1.807) is 0 Å². The third kappa shape index (κ3) is 1.86. The fraction of sp³-hybridized carbons (Fsp3) is 0.333. The highest BCUT2D eigenvalue weighted by atomic mass is 35.5. The molecule has 0 fully saturated rings. The molecule has 0 saturated heterocycles. The van der Waals surface area contributed by atoms with Crippen LogP contribution in [0.2, 0.25) is 8.67 Å². The van der Waals surface area contributed by atoms with Gasteiger partial charge in [0.2, 0.25) is 0 Å². The molecular formula is C6H7Cl2NS. The minimum Gasteiger partial charge on any atom is -0.330 e. The van der Waals surface area contributed by atoms with Crippen molar-refractivity contribution in [3.63, 3.8) is 0 Å². The molecule has 1 aromatic rings. The normalized spacial score (nSPS) is 10.3. The Morgan fingerprint density at radius 3 is 2.60 bits per heavy atom. The van der Waals surface area contributed by atoms with Crippen LogP contribution in [0.15, 0.2) is 6.07 Å². The van der Waals surface area contributed by atoms with Crippen molar-refractivity contribution < 1.29 is 0 Å². The number of hydrogen-bond donors (Lipinski definition) is 1. The molecule has 1 nitrogen and oxygen atoms in total. The van der Waals surface area contributed by atoms with Gasteiger partial charge in [-0.3, -0.25) is 0 Å². The molecule has 0 radical (unpaired) electrons. The maximum atomic E-state index is 5.80. The average Bonchev–Trinajstić information content (AvgIpc) is 2.13. The van der Waals surface area contributed by atoms with E-state index < -0.39 is 0 Å². The maximum absolute atomic E-state index is 5.80. The predicted octanol–water partition coefficient (Wildman–Crippen LogP) is 2.56. The van der Waals surface area contributed by atoms with Gasteiger partial charge in [0, 0.05) is 0 Å². The topological polar surface area (TPSA) is 26.0 Å². The molecule has 2 N–H and O–H groups in total. The Morgan fingerprint density at radius 2 is 2.20 bits per heavy atom. The summed E-state index contributed by atoms with van der Waals surface area (Å²) in [6.45, 7) is 0.618.